The summed E-state index contributed by atoms with van der Waals surface area (Å²) in [5, 5.41) is 18.1. The molecule has 0 aliphatic heterocycles. The summed E-state index contributed by atoms with van der Waals surface area (Å²) in [5.41, 5.74) is -0.369. The number of nitrogens with one attached hydrogen (secondary N) is 1. The first kappa shape index (κ1) is 13.3. The van der Waals surface area contributed by atoms with E-state index in [0.717, 1.165) is 12.1 Å². The quantitative estimate of drug-likeness (QED) is 0.847. The lowest BCUT2D eigenvalue weighted by atomic mass is 10.3. The largest absolute Gasteiger partial charge is 0.476 e. The Kier molecular flexibility index (Phi) is 3.70. The lowest BCUT2D eigenvalue weighted by Crippen LogP contribution is -2.04. The number of hydrogen-bond donors (Lipinski definition) is 2. The number of hydrogen-bond acceptors (Lipinski definition) is 4. The molecule has 98 valence electrons. The molecule has 0 atom stereocenters. The van der Waals surface area contributed by atoms with Crippen molar-refractivity contribution in [1.82, 2.24) is 10.2 Å². The Morgan fingerprint density at radius 1 is 1.21 bits per heavy atom. The van der Waals surface area contributed by atoms with Gasteiger partial charge in [-0.2, -0.15) is 0 Å². The van der Waals surface area contributed by atoms with E-state index in [2.05, 4.69) is 31.4 Å². The maximum atomic E-state index is 13.5. The normalized spacial score (nSPS) is 10.3. The van der Waals surface area contributed by atoms with Gasteiger partial charge >= 0.3 is 5.97 Å². The molecule has 2 rings (SSSR count). The Hall–Kier alpha value is -2.09. The van der Waals surface area contributed by atoms with Crippen LogP contribution in [0.2, 0.25) is 0 Å². The molecule has 0 aliphatic rings. The van der Waals surface area contributed by atoms with Gasteiger partial charge in [0.25, 0.3) is 0 Å². The highest BCUT2D eigenvalue weighted by Crippen LogP contribution is 2.25. The Labute approximate surface area is 114 Å². The minimum Gasteiger partial charge on any atom is -0.476 e. The van der Waals surface area contributed by atoms with E-state index in [1.54, 1.807) is 0 Å². The molecule has 0 bridgehead atoms. The van der Waals surface area contributed by atoms with Crippen molar-refractivity contribution >= 4 is 33.4 Å². The third-order valence-corrected chi connectivity index (χ3v) is 2.76. The Bertz CT molecular complexity index is 635. The molecule has 5 nitrogen and oxygen atoms in total. The molecule has 1 aromatic heterocycles. The highest BCUT2D eigenvalue weighted by atomic mass is 79.9. The maximum absolute atomic E-state index is 13.5. The van der Waals surface area contributed by atoms with Crippen molar-refractivity contribution in [2.45, 2.75) is 0 Å². The molecule has 8 heteroatoms. The molecule has 19 heavy (non-hydrogen) atoms. The highest BCUT2D eigenvalue weighted by Gasteiger charge is 2.10. The van der Waals surface area contributed by atoms with Crippen LogP contribution in [-0.4, -0.2) is 21.3 Å². The summed E-state index contributed by atoms with van der Waals surface area (Å²) in [4.78, 5) is 10.6. The molecule has 1 heterocycles. The van der Waals surface area contributed by atoms with Crippen LogP contribution in [0.15, 0.2) is 28.7 Å². The van der Waals surface area contributed by atoms with Crippen molar-refractivity contribution in [3.05, 3.63) is 46.1 Å². The number of aromatic carboxylic acids is 1. The van der Waals surface area contributed by atoms with Gasteiger partial charge in [0.15, 0.2) is 11.5 Å². The van der Waals surface area contributed by atoms with Gasteiger partial charge in [-0.25, -0.2) is 13.6 Å². The third kappa shape index (κ3) is 3.02. The van der Waals surface area contributed by atoms with Crippen LogP contribution in [0.1, 0.15) is 10.5 Å². The molecule has 0 fully saturated rings. The number of rotatable bonds is 3. The third-order valence-electron chi connectivity index (χ3n) is 2.16. The van der Waals surface area contributed by atoms with Gasteiger partial charge in [-0.3, -0.25) is 0 Å². The number of halogens is 3. The van der Waals surface area contributed by atoms with Crippen molar-refractivity contribution in [3.8, 4) is 0 Å². The number of aromatic nitrogens is 2. The number of carboxylic acids is 1. The second-order valence-electron chi connectivity index (χ2n) is 3.48. The van der Waals surface area contributed by atoms with Gasteiger partial charge in [-0.05, 0) is 34.1 Å². The van der Waals surface area contributed by atoms with E-state index in [-0.39, 0.29) is 21.7 Å². The lowest BCUT2D eigenvalue weighted by Gasteiger charge is -2.07. The molecule has 0 saturated heterocycles. The number of nitrogens with zero attached hydrogens (tertiary/aromatic N) is 2. The van der Waals surface area contributed by atoms with Gasteiger partial charge in [-0.15, -0.1) is 10.2 Å². The fraction of sp³-hybridized carbons (Fsp3) is 0. The summed E-state index contributed by atoms with van der Waals surface area (Å²) in [6.45, 7) is 0. The van der Waals surface area contributed by atoms with Crippen LogP contribution in [-0.2, 0) is 0 Å². The summed E-state index contributed by atoms with van der Waals surface area (Å²) < 4.78 is 26.8. The van der Waals surface area contributed by atoms with E-state index < -0.39 is 17.6 Å². The topological polar surface area (TPSA) is 75.1 Å². The van der Waals surface area contributed by atoms with E-state index in [9.17, 15) is 13.6 Å². The van der Waals surface area contributed by atoms with Gasteiger partial charge in [0.05, 0.1) is 10.2 Å². The van der Waals surface area contributed by atoms with Gasteiger partial charge in [0, 0.05) is 6.07 Å². The SMILES string of the molecule is O=C(O)c1ccc(Nc2cc(F)c(Br)cc2F)nn1. The number of carboxylic acid groups (broad SMARTS) is 1. The molecule has 2 aromatic rings. The van der Waals surface area contributed by atoms with Crippen molar-refractivity contribution < 1.29 is 18.7 Å². The smallest absolute Gasteiger partial charge is 0.356 e. The van der Waals surface area contributed by atoms with Crippen LogP contribution in [0.3, 0.4) is 0 Å². The molecule has 0 amide bonds. The van der Waals surface area contributed by atoms with Crippen molar-refractivity contribution in [2.24, 2.45) is 0 Å². The van der Waals surface area contributed by atoms with Crippen LogP contribution in [0, 0.1) is 11.6 Å². The number of benzene rings is 1. The van der Waals surface area contributed by atoms with Gasteiger partial charge in [-0.1, -0.05) is 0 Å². The van der Waals surface area contributed by atoms with Crippen molar-refractivity contribution in [2.75, 3.05) is 5.32 Å². The zero-order chi connectivity index (χ0) is 14.0. The average Bonchev–Trinajstić information content (AvgIpc) is 2.36. The predicted octanol–water partition coefficient (Wildman–Crippen LogP) is 2.96. The second-order valence-corrected chi connectivity index (χ2v) is 4.33. The molecule has 0 saturated carbocycles. The zero-order valence-electron chi connectivity index (χ0n) is 9.19. The Balaban J connectivity index is 2.26. The Morgan fingerprint density at radius 3 is 2.53 bits per heavy atom. The number of carbonyl (C=O) groups is 1. The fourth-order valence-electron chi connectivity index (χ4n) is 1.27. The standard InChI is InChI=1S/C11H6BrF2N3O2/c12-5-3-7(14)9(4-6(5)13)15-10-2-1-8(11(18)19)16-17-10/h1-4H,(H,15,17)(H,18,19). The highest BCUT2D eigenvalue weighted by molar-refractivity contribution is 9.10. The van der Waals surface area contributed by atoms with Gasteiger partial charge in [0.2, 0.25) is 0 Å². The first-order valence-electron chi connectivity index (χ1n) is 4.96. The first-order chi connectivity index (χ1) is 8.97. The lowest BCUT2D eigenvalue weighted by molar-refractivity contribution is 0.0689. The molecule has 0 unspecified atom stereocenters. The van der Waals surface area contributed by atoms with E-state index in [0.29, 0.717) is 0 Å². The van der Waals surface area contributed by atoms with Crippen LogP contribution in [0.25, 0.3) is 0 Å². The molecular weight excluding hydrogens is 324 g/mol. The van der Waals surface area contributed by atoms with Crippen molar-refractivity contribution in [3.63, 3.8) is 0 Å². The second kappa shape index (κ2) is 5.27. The molecule has 0 aliphatic carbocycles. The van der Waals surface area contributed by atoms with Crippen LogP contribution >= 0.6 is 15.9 Å². The van der Waals surface area contributed by atoms with E-state index in [4.69, 9.17) is 5.11 Å². The average molecular weight is 330 g/mol. The van der Waals surface area contributed by atoms with E-state index in [1.165, 1.54) is 12.1 Å². The van der Waals surface area contributed by atoms with Gasteiger partial charge in [0.1, 0.15) is 11.6 Å². The van der Waals surface area contributed by atoms with Crippen molar-refractivity contribution in [1.29, 1.82) is 0 Å². The summed E-state index contributed by atoms with van der Waals surface area (Å²) in [6.07, 6.45) is 0. The summed E-state index contributed by atoms with van der Waals surface area (Å²) in [5.74, 6) is -2.44. The summed E-state index contributed by atoms with van der Waals surface area (Å²) >= 11 is 2.86. The summed E-state index contributed by atoms with van der Waals surface area (Å²) in [6, 6.07) is 4.42. The molecule has 1 aromatic carbocycles. The monoisotopic (exact) mass is 329 g/mol. The van der Waals surface area contributed by atoms with Gasteiger partial charge < -0.3 is 10.4 Å². The van der Waals surface area contributed by atoms with Crippen LogP contribution < -0.4 is 5.32 Å². The number of anilines is 2. The molecule has 2 N–H and O–H groups in total. The van der Waals surface area contributed by atoms with E-state index in [1.807, 2.05) is 0 Å². The predicted molar refractivity (Wildman–Crippen MR) is 66.3 cm³/mol. The first-order valence-corrected chi connectivity index (χ1v) is 5.75. The minimum atomic E-state index is -1.22. The maximum Gasteiger partial charge on any atom is 0.356 e. The Morgan fingerprint density at radius 2 is 1.95 bits per heavy atom. The van der Waals surface area contributed by atoms with Crippen LogP contribution in [0.5, 0.6) is 0 Å². The molecular formula is C11H6BrF2N3O2. The van der Waals surface area contributed by atoms with Crippen LogP contribution in [0.4, 0.5) is 20.3 Å². The minimum absolute atomic E-state index is 0.00265. The fourth-order valence-corrected chi connectivity index (χ4v) is 1.58. The molecule has 0 spiro atoms. The summed E-state index contributed by atoms with van der Waals surface area (Å²) in [7, 11) is 0. The van der Waals surface area contributed by atoms with E-state index >= 15 is 0 Å². The zero-order valence-corrected chi connectivity index (χ0v) is 10.8. The molecule has 0 radical (unpaired) electrons.